The number of aromatic nitrogens is 1. The molecule has 0 bridgehead atoms. The Balaban J connectivity index is 1.23. The summed E-state index contributed by atoms with van der Waals surface area (Å²) in [5, 5.41) is 6.89. The average molecular weight is 451 g/mol. The Bertz CT molecular complexity index is 1120. The summed E-state index contributed by atoms with van der Waals surface area (Å²) < 4.78 is 6.32. The second-order valence-corrected chi connectivity index (χ2v) is 9.27. The standard InChI is InChI=1S/C24H26N4O3S/c29-22(25-9-10-28-11-13-31-14-12-28)18-5-8-20-21(15-18)32-24(27-20)17-3-1-16(2-4-17)23(30)26-19-6-7-19/h1-5,8,15,19H,6-7,9-14H2,(H,25,29)(H,26,30). The first-order valence-electron chi connectivity index (χ1n) is 11.1. The predicted molar refractivity (Wildman–Crippen MR) is 125 cm³/mol. The number of nitrogens with zero attached hydrogens (tertiary/aromatic N) is 2. The smallest absolute Gasteiger partial charge is 0.251 e. The van der Waals surface area contributed by atoms with Crippen molar-refractivity contribution < 1.29 is 14.3 Å². The molecule has 1 saturated heterocycles. The molecule has 2 N–H and O–H groups in total. The number of thiazole rings is 1. The van der Waals surface area contributed by atoms with E-state index < -0.39 is 0 Å². The van der Waals surface area contributed by atoms with Crippen molar-refractivity contribution in [2.24, 2.45) is 0 Å². The normalized spacial score (nSPS) is 16.8. The number of hydrogen-bond donors (Lipinski definition) is 2. The van der Waals surface area contributed by atoms with Crippen LogP contribution >= 0.6 is 11.3 Å². The number of fused-ring (bicyclic) bond motifs is 1. The number of carbonyl (C=O) groups excluding carboxylic acids is 2. The van der Waals surface area contributed by atoms with Crippen molar-refractivity contribution in [3.63, 3.8) is 0 Å². The Labute approximate surface area is 190 Å². The quantitative estimate of drug-likeness (QED) is 0.578. The maximum atomic E-state index is 12.6. The van der Waals surface area contributed by atoms with Gasteiger partial charge in [0.05, 0.1) is 23.4 Å². The highest BCUT2D eigenvalue weighted by molar-refractivity contribution is 7.21. The van der Waals surface area contributed by atoms with Crippen molar-refractivity contribution in [3.05, 3.63) is 53.6 Å². The van der Waals surface area contributed by atoms with Gasteiger partial charge in [-0.3, -0.25) is 14.5 Å². The van der Waals surface area contributed by atoms with Gasteiger partial charge in [-0.05, 0) is 43.2 Å². The van der Waals surface area contributed by atoms with E-state index in [1.165, 1.54) is 0 Å². The van der Waals surface area contributed by atoms with Gasteiger partial charge in [0, 0.05) is 48.9 Å². The van der Waals surface area contributed by atoms with Gasteiger partial charge in [-0.2, -0.15) is 0 Å². The highest BCUT2D eigenvalue weighted by Crippen LogP contribution is 2.31. The van der Waals surface area contributed by atoms with Crippen LogP contribution in [0.1, 0.15) is 33.6 Å². The molecule has 7 nitrogen and oxygen atoms in total. The van der Waals surface area contributed by atoms with Gasteiger partial charge < -0.3 is 15.4 Å². The van der Waals surface area contributed by atoms with Gasteiger partial charge >= 0.3 is 0 Å². The first kappa shape index (κ1) is 21.1. The van der Waals surface area contributed by atoms with Crippen molar-refractivity contribution in [3.8, 4) is 10.6 Å². The minimum Gasteiger partial charge on any atom is -0.379 e. The zero-order chi connectivity index (χ0) is 21.9. The molecule has 0 radical (unpaired) electrons. The van der Waals surface area contributed by atoms with E-state index in [1.807, 2.05) is 42.5 Å². The van der Waals surface area contributed by atoms with Crippen LogP contribution in [-0.4, -0.2) is 67.1 Å². The van der Waals surface area contributed by atoms with Gasteiger partial charge in [0.2, 0.25) is 0 Å². The topological polar surface area (TPSA) is 83.6 Å². The van der Waals surface area contributed by atoms with Crippen LogP contribution in [-0.2, 0) is 4.74 Å². The van der Waals surface area contributed by atoms with Crippen molar-refractivity contribution in [2.45, 2.75) is 18.9 Å². The van der Waals surface area contributed by atoms with Crippen LogP contribution in [0.3, 0.4) is 0 Å². The summed E-state index contributed by atoms with van der Waals surface area (Å²) in [5.74, 6) is -0.0891. The zero-order valence-electron chi connectivity index (χ0n) is 17.8. The van der Waals surface area contributed by atoms with Crippen LogP contribution in [0.15, 0.2) is 42.5 Å². The van der Waals surface area contributed by atoms with Crippen molar-refractivity contribution >= 4 is 33.4 Å². The Morgan fingerprint density at radius 2 is 1.78 bits per heavy atom. The lowest BCUT2D eigenvalue weighted by atomic mass is 10.1. The molecule has 0 spiro atoms. The third-order valence-electron chi connectivity index (χ3n) is 5.77. The van der Waals surface area contributed by atoms with Gasteiger partial charge in [-0.25, -0.2) is 4.98 Å². The molecule has 1 aliphatic carbocycles. The van der Waals surface area contributed by atoms with Gasteiger partial charge in [0.15, 0.2) is 0 Å². The molecule has 2 fully saturated rings. The van der Waals surface area contributed by atoms with E-state index in [0.29, 0.717) is 23.7 Å². The highest BCUT2D eigenvalue weighted by Gasteiger charge is 2.23. The molecular weight excluding hydrogens is 424 g/mol. The van der Waals surface area contributed by atoms with Gasteiger partial charge in [0.25, 0.3) is 11.8 Å². The Kier molecular flexibility index (Phi) is 6.16. The molecule has 2 heterocycles. The van der Waals surface area contributed by atoms with Crippen LogP contribution in [0.2, 0.25) is 0 Å². The number of rotatable bonds is 7. The van der Waals surface area contributed by atoms with Crippen LogP contribution in [0, 0.1) is 0 Å². The highest BCUT2D eigenvalue weighted by atomic mass is 32.1. The summed E-state index contributed by atoms with van der Waals surface area (Å²) in [6.07, 6.45) is 2.15. The molecule has 2 amide bonds. The van der Waals surface area contributed by atoms with E-state index in [1.54, 1.807) is 11.3 Å². The van der Waals surface area contributed by atoms with Gasteiger partial charge in [-0.15, -0.1) is 11.3 Å². The SMILES string of the molecule is O=C(NCCN1CCOCC1)c1ccc2nc(-c3ccc(C(=O)NC4CC4)cc3)sc2c1. The number of amides is 2. The van der Waals surface area contributed by atoms with E-state index in [9.17, 15) is 9.59 Å². The maximum absolute atomic E-state index is 12.6. The summed E-state index contributed by atoms with van der Waals surface area (Å²) in [5.41, 5.74) is 3.13. The second kappa shape index (κ2) is 9.36. The number of morpholine rings is 1. The second-order valence-electron chi connectivity index (χ2n) is 8.24. The average Bonchev–Trinajstić information content (AvgIpc) is 3.54. The first-order chi connectivity index (χ1) is 15.7. The fourth-order valence-corrected chi connectivity index (χ4v) is 4.71. The minimum atomic E-state index is -0.0684. The Morgan fingerprint density at radius 1 is 1.03 bits per heavy atom. The van der Waals surface area contributed by atoms with Gasteiger partial charge in [0.1, 0.15) is 5.01 Å². The van der Waals surface area contributed by atoms with Crippen LogP contribution < -0.4 is 10.6 Å². The largest absolute Gasteiger partial charge is 0.379 e. The molecule has 5 rings (SSSR count). The molecule has 166 valence electrons. The first-order valence-corrected chi connectivity index (χ1v) is 11.9. The lowest BCUT2D eigenvalue weighted by Crippen LogP contribution is -2.41. The van der Waals surface area contributed by atoms with Crippen molar-refractivity contribution in [1.29, 1.82) is 0 Å². The van der Waals surface area contributed by atoms with Crippen molar-refractivity contribution in [1.82, 2.24) is 20.5 Å². The lowest BCUT2D eigenvalue weighted by molar-refractivity contribution is 0.0383. The van der Waals surface area contributed by atoms with Crippen LogP contribution in [0.5, 0.6) is 0 Å². The molecule has 8 heteroatoms. The van der Waals surface area contributed by atoms with Crippen molar-refractivity contribution in [2.75, 3.05) is 39.4 Å². The molecule has 32 heavy (non-hydrogen) atoms. The third-order valence-corrected chi connectivity index (χ3v) is 6.84. The lowest BCUT2D eigenvalue weighted by Gasteiger charge is -2.26. The summed E-state index contributed by atoms with van der Waals surface area (Å²) >= 11 is 1.55. The zero-order valence-corrected chi connectivity index (χ0v) is 18.6. The third kappa shape index (κ3) is 4.98. The number of nitrogens with one attached hydrogen (secondary N) is 2. The number of ether oxygens (including phenoxy) is 1. The molecule has 1 aliphatic heterocycles. The summed E-state index contributed by atoms with van der Waals surface area (Å²) in [6, 6.07) is 13.5. The van der Waals surface area contributed by atoms with E-state index in [2.05, 4.69) is 15.5 Å². The molecule has 3 aromatic rings. The summed E-state index contributed by atoms with van der Waals surface area (Å²) in [4.78, 5) is 31.8. The molecule has 1 aromatic heterocycles. The summed E-state index contributed by atoms with van der Waals surface area (Å²) in [7, 11) is 0. The number of carbonyl (C=O) groups is 2. The van der Waals surface area contributed by atoms with Crippen LogP contribution in [0.25, 0.3) is 20.8 Å². The molecular formula is C24H26N4O3S. The fourth-order valence-electron chi connectivity index (χ4n) is 3.70. The molecule has 1 saturated carbocycles. The number of hydrogen-bond acceptors (Lipinski definition) is 6. The predicted octanol–water partition coefficient (Wildman–Crippen LogP) is 2.92. The Hall–Kier alpha value is -2.81. The molecule has 2 aliphatic rings. The van der Waals surface area contributed by atoms with E-state index in [4.69, 9.17) is 9.72 Å². The fraction of sp³-hybridized carbons (Fsp3) is 0.375. The monoisotopic (exact) mass is 450 g/mol. The molecule has 0 unspecified atom stereocenters. The maximum Gasteiger partial charge on any atom is 0.251 e. The van der Waals surface area contributed by atoms with E-state index in [0.717, 1.165) is 66.5 Å². The minimum absolute atomic E-state index is 0.0207. The molecule has 2 aromatic carbocycles. The van der Waals surface area contributed by atoms with E-state index >= 15 is 0 Å². The van der Waals surface area contributed by atoms with Crippen LogP contribution in [0.4, 0.5) is 0 Å². The molecule has 0 atom stereocenters. The number of benzene rings is 2. The summed E-state index contributed by atoms with van der Waals surface area (Å²) in [6.45, 7) is 4.79. The van der Waals surface area contributed by atoms with E-state index in [-0.39, 0.29) is 11.8 Å². The Morgan fingerprint density at radius 3 is 2.53 bits per heavy atom. The van der Waals surface area contributed by atoms with Gasteiger partial charge in [-0.1, -0.05) is 12.1 Å².